The maximum absolute atomic E-state index is 11.7. The van der Waals surface area contributed by atoms with Crippen molar-refractivity contribution < 1.29 is 14.7 Å². The molecule has 20 heavy (non-hydrogen) atoms. The number of hydrogen-bond donors (Lipinski definition) is 3. The van der Waals surface area contributed by atoms with Gasteiger partial charge in [0, 0.05) is 12.2 Å². The molecule has 1 aromatic carbocycles. The van der Waals surface area contributed by atoms with Crippen molar-refractivity contribution in [3.05, 3.63) is 29.3 Å². The average molecular weight is 278 g/mol. The number of anilines is 1. The molecule has 0 saturated carbocycles. The van der Waals surface area contributed by atoms with Gasteiger partial charge in [-0.05, 0) is 42.5 Å². The number of carbonyl (C=O) groups is 2. The molecule has 0 bridgehead atoms. The van der Waals surface area contributed by atoms with Crippen molar-refractivity contribution in [2.75, 3.05) is 11.9 Å². The topological polar surface area (TPSA) is 78.4 Å². The van der Waals surface area contributed by atoms with Crippen LogP contribution in [0.25, 0.3) is 0 Å². The first-order valence-electron chi connectivity index (χ1n) is 6.70. The first kappa shape index (κ1) is 16.0. The van der Waals surface area contributed by atoms with E-state index in [1.807, 2.05) is 0 Å². The maximum atomic E-state index is 11.7. The molecule has 1 atom stereocenters. The lowest BCUT2D eigenvalue weighted by Gasteiger charge is -2.16. The number of urea groups is 1. The molecular weight excluding hydrogens is 256 g/mol. The van der Waals surface area contributed by atoms with E-state index in [2.05, 4.69) is 31.4 Å². The molecule has 0 aliphatic carbocycles. The largest absolute Gasteiger partial charge is 0.478 e. The summed E-state index contributed by atoms with van der Waals surface area (Å²) in [7, 11) is 0. The Morgan fingerprint density at radius 1 is 1.25 bits per heavy atom. The Balaban J connectivity index is 2.58. The average Bonchev–Trinajstić information content (AvgIpc) is 2.35. The molecular formula is C15H22N2O3. The van der Waals surface area contributed by atoms with E-state index in [1.165, 1.54) is 6.07 Å². The molecule has 0 heterocycles. The van der Waals surface area contributed by atoms with Crippen LogP contribution in [0.3, 0.4) is 0 Å². The van der Waals surface area contributed by atoms with Gasteiger partial charge in [0.2, 0.25) is 0 Å². The summed E-state index contributed by atoms with van der Waals surface area (Å²) in [5, 5.41) is 14.4. The second-order valence-electron chi connectivity index (χ2n) is 5.39. The van der Waals surface area contributed by atoms with Gasteiger partial charge in [0.25, 0.3) is 0 Å². The molecule has 0 fully saturated rings. The summed E-state index contributed by atoms with van der Waals surface area (Å²) in [6.45, 7) is 8.61. The summed E-state index contributed by atoms with van der Waals surface area (Å²) in [5.74, 6) is -0.0615. The van der Waals surface area contributed by atoms with Gasteiger partial charge in [0.15, 0.2) is 0 Å². The maximum Gasteiger partial charge on any atom is 0.335 e. The minimum Gasteiger partial charge on any atom is -0.478 e. The third kappa shape index (κ3) is 4.57. The Bertz CT molecular complexity index is 498. The van der Waals surface area contributed by atoms with Crippen LogP contribution in [0.2, 0.25) is 0 Å². The molecule has 0 aliphatic rings. The molecule has 0 aliphatic heterocycles. The molecule has 5 heteroatoms. The zero-order valence-electron chi connectivity index (χ0n) is 12.4. The number of benzene rings is 1. The van der Waals surface area contributed by atoms with Gasteiger partial charge in [-0.15, -0.1) is 0 Å². The lowest BCUT2D eigenvalue weighted by molar-refractivity contribution is 0.0696. The van der Waals surface area contributed by atoms with Crippen molar-refractivity contribution in [1.82, 2.24) is 5.32 Å². The summed E-state index contributed by atoms with van der Waals surface area (Å²) in [6.07, 6.45) is 0. The highest BCUT2D eigenvalue weighted by Gasteiger charge is 2.10. The highest BCUT2D eigenvalue weighted by atomic mass is 16.4. The van der Waals surface area contributed by atoms with Crippen molar-refractivity contribution in [2.24, 2.45) is 11.8 Å². The molecule has 0 aromatic heterocycles. The Morgan fingerprint density at radius 3 is 2.40 bits per heavy atom. The number of hydrogen-bond acceptors (Lipinski definition) is 2. The van der Waals surface area contributed by atoms with Gasteiger partial charge in [0.1, 0.15) is 0 Å². The molecule has 1 aromatic rings. The lowest BCUT2D eigenvalue weighted by atomic mass is 9.98. The van der Waals surface area contributed by atoms with E-state index in [1.54, 1.807) is 19.1 Å². The fraction of sp³-hybridized carbons (Fsp3) is 0.467. The smallest absolute Gasteiger partial charge is 0.335 e. The Kier molecular flexibility index (Phi) is 5.55. The van der Waals surface area contributed by atoms with E-state index in [-0.39, 0.29) is 11.6 Å². The van der Waals surface area contributed by atoms with Crippen molar-refractivity contribution in [3.63, 3.8) is 0 Å². The first-order valence-corrected chi connectivity index (χ1v) is 6.70. The fourth-order valence-electron chi connectivity index (χ4n) is 1.65. The minimum absolute atomic E-state index is 0.240. The van der Waals surface area contributed by atoms with Gasteiger partial charge in [-0.3, -0.25) is 0 Å². The lowest BCUT2D eigenvalue weighted by Crippen LogP contribution is -2.33. The third-order valence-electron chi connectivity index (χ3n) is 3.44. The van der Waals surface area contributed by atoms with Crippen LogP contribution >= 0.6 is 0 Å². The number of amides is 2. The summed E-state index contributed by atoms with van der Waals surface area (Å²) in [5.41, 5.74) is 1.44. The highest BCUT2D eigenvalue weighted by Crippen LogP contribution is 2.15. The van der Waals surface area contributed by atoms with Crippen LogP contribution in [0.5, 0.6) is 0 Å². The number of carbonyl (C=O) groups excluding carboxylic acids is 1. The second-order valence-corrected chi connectivity index (χ2v) is 5.39. The molecule has 3 N–H and O–H groups in total. The summed E-state index contributed by atoms with van der Waals surface area (Å²) >= 11 is 0. The summed E-state index contributed by atoms with van der Waals surface area (Å²) in [4.78, 5) is 22.6. The number of aromatic carboxylic acids is 1. The van der Waals surface area contributed by atoms with Crippen LogP contribution in [0.1, 0.15) is 36.7 Å². The molecule has 0 saturated heterocycles. The molecule has 0 spiro atoms. The van der Waals surface area contributed by atoms with E-state index in [4.69, 9.17) is 5.11 Å². The van der Waals surface area contributed by atoms with Crippen molar-refractivity contribution in [1.29, 1.82) is 0 Å². The zero-order valence-corrected chi connectivity index (χ0v) is 12.4. The molecule has 1 unspecified atom stereocenters. The van der Waals surface area contributed by atoms with Crippen LogP contribution in [-0.4, -0.2) is 23.7 Å². The molecule has 0 radical (unpaired) electrons. The highest BCUT2D eigenvalue weighted by molar-refractivity contribution is 5.92. The Labute approximate surface area is 119 Å². The quantitative estimate of drug-likeness (QED) is 0.774. The van der Waals surface area contributed by atoms with E-state index < -0.39 is 5.97 Å². The van der Waals surface area contributed by atoms with Crippen LogP contribution in [0.4, 0.5) is 10.5 Å². The SMILES string of the molecule is Cc1cc(NC(=O)NCC(C)C(C)C)ccc1C(=O)O. The fourth-order valence-corrected chi connectivity index (χ4v) is 1.65. The Hall–Kier alpha value is -2.04. The predicted molar refractivity (Wildman–Crippen MR) is 79.2 cm³/mol. The Morgan fingerprint density at radius 2 is 1.90 bits per heavy atom. The van der Waals surface area contributed by atoms with Gasteiger partial charge in [0.05, 0.1) is 5.56 Å². The van der Waals surface area contributed by atoms with Crippen LogP contribution in [0, 0.1) is 18.8 Å². The zero-order chi connectivity index (χ0) is 15.3. The normalized spacial score (nSPS) is 12.1. The standard InChI is InChI=1S/C15H22N2O3/c1-9(2)11(4)8-16-15(20)17-12-5-6-13(14(18)19)10(3)7-12/h5-7,9,11H,8H2,1-4H3,(H,18,19)(H2,16,17,20). The third-order valence-corrected chi connectivity index (χ3v) is 3.44. The molecule has 2 amide bonds. The van der Waals surface area contributed by atoms with E-state index in [0.29, 0.717) is 29.6 Å². The molecule has 5 nitrogen and oxygen atoms in total. The summed E-state index contributed by atoms with van der Waals surface area (Å²) < 4.78 is 0. The van der Waals surface area contributed by atoms with Gasteiger partial charge in [-0.1, -0.05) is 20.8 Å². The summed E-state index contributed by atoms with van der Waals surface area (Å²) in [6, 6.07) is 4.45. The first-order chi connectivity index (χ1) is 9.31. The van der Waals surface area contributed by atoms with Crippen molar-refractivity contribution >= 4 is 17.7 Å². The second kappa shape index (κ2) is 6.93. The van der Waals surface area contributed by atoms with Crippen LogP contribution < -0.4 is 10.6 Å². The van der Waals surface area contributed by atoms with Crippen LogP contribution in [-0.2, 0) is 0 Å². The van der Waals surface area contributed by atoms with Crippen LogP contribution in [0.15, 0.2) is 18.2 Å². The number of carboxylic acids is 1. The van der Waals surface area contributed by atoms with Gasteiger partial charge < -0.3 is 15.7 Å². The van der Waals surface area contributed by atoms with Gasteiger partial charge in [-0.2, -0.15) is 0 Å². The molecule has 1 rings (SSSR count). The number of rotatable bonds is 5. The van der Waals surface area contributed by atoms with E-state index in [0.717, 1.165) is 0 Å². The van der Waals surface area contributed by atoms with E-state index in [9.17, 15) is 9.59 Å². The monoisotopic (exact) mass is 278 g/mol. The predicted octanol–water partition coefficient (Wildman–Crippen LogP) is 3.11. The number of carboxylic acid groups (broad SMARTS) is 1. The van der Waals surface area contributed by atoms with Crippen molar-refractivity contribution in [3.8, 4) is 0 Å². The van der Waals surface area contributed by atoms with Crippen molar-refractivity contribution in [2.45, 2.75) is 27.7 Å². The van der Waals surface area contributed by atoms with Gasteiger partial charge >= 0.3 is 12.0 Å². The molecule has 110 valence electrons. The van der Waals surface area contributed by atoms with E-state index >= 15 is 0 Å². The number of aryl methyl sites for hydroxylation is 1. The van der Waals surface area contributed by atoms with Gasteiger partial charge in [-0.25, -0.2) is 9.59 Å². The number of nitrogens with one attached hydrogen (secondary N) is 2. The minimum atomic E-state index is -0.968.